The molecule has 1 aromatic heterocycles. The number of fused-ring (bicyclic) bond motifs is 3. The van der Waals surface area contributed by atoms with Crippen molar-refractivity contribution in [2.75, 3.05) is 24.5 Å². The zero-order chi connectivity index (χ0) is 27.3. The molecule has 200 valence electrons. The minimum atomic E-state index is -1.29. The van der Waals surface area contributed by atoms with Gasteiger partial charge in [0, 0.05) is 31.2 Å². The zero-order valence-corrected chi connectivity index (χ0v) is 21.5. The van der Waals surface area contributed by atoms with E-state index < -0.39 is 34.5 Å². The highest BCUT2D eigenvalue weighted by Crippen LogP contribution is 2.32. The van der Waals surface area contributed by atoms with Crippen molar-refractivity contribution in [3.8, 4) is 5.88 Å². The van der Waals surface area contributed by atoms with Crippen LogP contribution in [0.25, 0.3) is 0 Å². The molecule has 4 rings (SSSR count). The van der Waals surface area contributed by atoms with Gasteiger partial charge in [-0.15, -0.1) is 0 Å². The van der Waals surface area contributed by atoms with Gasteiger partial charge in [0.15, 0.2) is 11.6 Å². The maximum absolute atomic E-state index is 13.5. The van der Waals surface area contributed by atoms with E-state index >= 15 is 0 Å². The summed E-state index contributed by atoms with van der Waals surface area (Å²) in [6, 6.07) is 4.83. The van der Waals surface area contributed by atoms with Crippen LogP contribution < -0.4 is 15.3 Å². The van der Waals surface area contributed by atoms with Crippen molar-refractivity contribution in [2.45, 2.75) is 64.9 Å². The monoisotopic (exact) mass is 519 g/mol. The lowest BCUT2D eigenvalue weighted by Gasteiger charge is -2.47. The molecule has 1 N–H and O–H groups in total. The number of piperazine rings is 1. The van der Waals surface area contributed by atoms with Crippen LogP contribution >= 0.6 is 0 Å². The molecule has 0 bridgehead atoms. The second-order valence-corrected chi connectivity index (χ2v) is 10.8. The maximum atomic E-state index is 13.5. The molecule has 0 spiro atoms. The molecule has 12 heteroatoms. The van der Waals surface area contributed by atoms with Crippen LogP contribution in [-0.2, 0) is 17.9 Å². The first kappa shape index (κ1) is 26.4. The number of amides is 2. The van der Waals surface area contributed by atoms with Gasteiger partial charge in [-0.25, -0.2) is 18.4 Å². The van der Waals surface area contributed by atoms with Crippen molar-refractivity contribution in [3.05, 3.63) is 51.9 Å². The summed E-state index contributed by atoms with van der Waals surface area (Å²) in [5, 5.41) is 9.81. The molecular weight excluding hydrogens is 488 g/mol. The van der Waals surface area contributed by atoms with Crippen LogP contribution in [0.4, 0.5) is 19.4 Å². The summed E-state index contributed by atoms with van der Waals surface area (Å²) >= 11 is 0. The lowest BCUT2D eigenvalue weighted by molar-refractivity contribution is -0.145. The summed E-state index contributed by atoms with van der Waals surface area (Å²) in [6.45, 7) is 9.75. The first-order valence-corrected chi connectivity index (χ1v) is 12.0. The van der Waals surface area contributed by atoms with Crippen LogP contribution in [0.1, 0.15) is 40.2 Å². The number of hydrogen-bond donors (Lipinski definition) is 1. The van der Waals surface area contributed by atoms with Gasteiger partial charge in [0.25, 0.3) is 0 Å². The lowest BCUT2D eigenvalue weighted by atomic mass is 9.93. The number of halogens is 2. The van der Waals surface area contributed by atoms with E-state index in [4.69, 9.17) is 4.74 Å². The van der Waals surface area contributed by atoms with Gasteiger partial charge >= 0.3 is 11.8 Å². The van der Waals surface area contributed by atoms with Crippen molar-refractivity contribution in [1.29, 1.82) is 0 Å². The van der Waals surface area contributed by atoms with Crippen molar-refractivity contribution < 1.29 is 28.2 Å². The normalized spacial score (nSPS) is 17.3. The number of ether oxygens (including phenoxy) is 1. The minimum absolute atomic E-state index is 0.0588. The van der Waals surface area contributed by atoms with E-state index in [9.17, 15) is 28.3 Å². The van der Waals surface area contributed by atoms with Crippen LogP contribution in [-0.4, -0.2) is 73.2 Å². The molecule has 1 aromatic carbocycles. The van der Waals surface area contributed by atoms with Gasteiger partial charge in [-0.1, -0.05) is 6.07 Å². The Morgan fingerprint density at radius 2 is 1.81 bits per heavy atom. The highest BCUT2D eigenvalue weighted by molar-refractivity contribution is 5.89. The number of benzene rings is 1. The third-order valence-corrected chi connectivity index (χ3v) is 6.74. The first-order valence-electron chi connectivity index (χ1n) is 12.0. The van der Waals surface area contributed by atoms with Gasteiger partial charge in [-0.05, 0) is 52.3 Å². The van der Waals surface area contributed by atoms with Crippen molar-refractivity contribution >= 4 is 17.8 Å². The zero-order valence-electron chi connectivity index (χ0n) is 21.5. The van der Waals surface area contributed by atoms with Crippen LogP contribution in [0, 0.1) is 11.6 Å². The van der Waals surface area contributed by atoms with Gasteiger partial charge in [0.05, 0.1) is 12.6 Å². The van der Waals surface area contributed by atoms with E-state index in [-0.39, 0.29) is 24.4 Å². The highest BCUT2D eigenvalue weighted by Gasteiger charge is 2.47. The molecule has 1 fully saturated rings. The van der Waals surface area contributed by atoms with E-state index in [2.05, 4.69) is 4.98 Å². The fraction of sp³-hybridized carbons (Fsp3) is 0.520. The van der Waals surface area contributed by atoms with Crippen LogP contribution in [0.3, 0.4) is 0 Å². The average Bonchev–Trinajstić information content (AvgIpc) is 3.16. The molecule has 3 heterocycles. The van der Waals surface area contributed by atoms with Crippen molar-refractivity contribution in [3.63, 3.8) is 0 Å². The molecule has 0 saturated carbocycles. The van der Waals surface area contributed by atoms with Gasteiger partial charge in [0.1, 0.15) is 18.0 Å². The number of hydrogen-bond acceptors (Lipinski definition) is 6. The van der Waals surface area contributed by atoms with Crippen LogP contribution in [0.5, 0.6) is 5.88 Å². The van der Waals surface area contributed by atoms with Crippen molar-refractivity contribution in [1.82, 2.24) is 19.4 Å². The summed E-state index contributed by atoms with van der Waals surface area (Å²) in [5.74, 6) is -1.60. The Morgan fingerprint density at radius 3 is 2.43 bits per heavy atom. The van der Waals surface area contributed by atoms with Crippen LogP contribution in [0.2, 0.25) is 0 Å². The summed E-state index contributed by atoms with van der Waals surface area (Å²) in [7, 11) is 0. The Balaban J connectivity index is 1.49. The molecule has 2 aromatic rings. The molecule has 2 amide bonds. The molecule has 2 aliphatic heterocycles. The molecule has 10 nitrogen and oxygen atoms in total. The number of aromatic nitrogens is 2. The lowest BCUT2D eigenvalue weighted by Crippen LogP contribution is -2.66. The minimum Gasteiger partial charge on any atom is -0.473 e. The number of nitrogens with zero attached hydrogens (tertiary/aromatic N) is 5. The fourth-order valence-corrected chi connectivity index (χ4v) is 5.30. The predicted molar refractivity (Wildman–Crippen MR) is 131 cm³/mol. The standard InChI is InChI=1S/C25H31F2N5O5/c1-24(2,3)32(23(35)36)25(4,5)21(33)29-8-9-30-16(12-29)13-31-20(30)11-19(28-22(31)34)37-14-15-6-7-17(26)18(27)10-15/h6-7,10-11,16H,8-9,12-14H2,1-5H3,(H,35,36). The molecule has 37 heavy (non-hydrogen) atoms. The second-order valence-electron chi connectivity index (χ2n) is 10.8. The Hall–Kier alpha value is -3.70. The smallest absolute Gasteiger partial charge is 0.408 e. The molecule has 0 radical (unpaired) electrons. The van der Waals surface area contributed by atoms with Crippen molar-refractivity contribution in [2.24, 2.45) is 0 Å². The number of anilines is 1. The summed E-state index contributed by atoms with van der Waals surface area (Å²) in [6.07, 6.45) is -1.17. The molecular formula is C25H31F2N5O5. The van der Waals surface area contributed by atoms with Crippen LogP contribution in [0.15, 0.2) is 29.1 Å². The summed E-state index contributed by atoms with van der Waals surface area (Å²) in [5.41, 5.74) is -2.21. The first-order chi connectivity index (χ1) is 17.2. The van der Waals surface area contributed by atoms with E-state index in [1.54, 1.807) is 45.6 Å². The number of carbonyl (C=O) groups is 2. The topological polar surface area (TPSA) is 108 Å². The van der Waals surface area contributed by atoms with E-state index in [1.165, 1.54) is 15.5 Å². The third-order valence-electron chi connectivity index (χ3n) is 6.74. The van der Waals surface area contributed by atoms with Gasteiger partial charge < -0.3 is 19.6 Å². The Morgan fingerprint density at radius 1 is 1.11 bits per heavy atom. The Bertz CT molecular complexity index is 1290. The number of carbonyl (C=O) groups excluding carboxylic acids is 1. The molecule has 1 atom stereocenters. The van der Waals surface area contributed by atoms with E-state index in [1.807, 2.05) is 4.90 Å². The number of rotatable bonds is 5. The number of carboxylic acid groups (broad SMARTS) is 1. The predicted octanol–water partition coefficient (Wildman–Crippen LogP) is 2.69. The van der Waals surface area contributed by atoms with Gasteiger partial charge in [-0.2, -0.15) is 4.98 Å². The SMILES string of the molecule is CC(C)(C)N(C(=O)O)C(C)(C)C(=O)N1CCN2c3cc(OCc4ccc(F)c(F)c4)nc(=O)n3CC2C1. The Kier molecular flexibility index (Phi) is 6.63. The van der Waals surface area contributed by atoms with E-state index in [0.29, 0.717) is 37.6 Å². The highest BCUT2D eigenvalue weighted by atomic mass is 19.2. The fourth-order valence-electron chi connectivity index (χ4n) is 5.30. The van der Waals surface area contributed by atoms with Gasteiger partial charge in [0.2, 0.25) is 11.8 Å². The molecule has 1 unspecified atom stereocenters. The molecule has 1 saturated heterocycles. The summed E-state index contributed by atoms with van der Waals surface area (Å²) < 4.78 is 33.7. The second kappa shape index (κ2) is 9.31. The van der Waals surface area contributed by atoms with Gasteiger partial charge in [-0.3, -0.25) is 14.3 Å². The summed E-state index contributed by atoms with van der Waals surface area (Å²) in [4.78, 5) is 47.0. The molecule has 2 aliphatic rings. The quantitative estimate of drug-likeness (QED) is 0.647. The Labute approximate surface area is 213 Å². The van der Waals surface area contributed by atoms with E-state index in [0.717, 1.165) is 12.1 Å². The maximum Gasteiger partial charge on any atom is 0.408 e. The third kappa shape index (κ3) is 4.96. The molecule has 0 aliphatic carbocycles. The largest absolute Gasteiger partial charge is 0.473 e. The average molecular weight is 520 g/mol.